The van der Waals surface area contributed by atoms with Gasteiger partial charge in [-0.2, -0.15) is 0 Å². The Labute approximate surface area is 301 Å². The number of aliphatic hydroxyl groups excluding tert-OH is 2. The molecule has 1 unspecified atom stereocenters. The fraction of sp³-hybridized carbons (Fsp3) is 0.857. The monoisotopic (exact) mass is 693 g/mol. The standard InChI is InChI=1S/C42H76O7/c1-3-5-7-9-11-13-15-17-19-21-23-25-27-29-31-33-39(44)47-36-38(42-41(46)37(43)35-48-42)49-40(45)34-32-30-28-26-24-22-20-18-16-14-12-10-8-6-4-2/h17-20,37-38,41-43,46H,3-16,21-36H2,1-2H3/b19-17-,20-18-/t37-,38?,41+,42-/m1/s1. The van der Waals surface area contributed by atoms with E-state index in [0.717, 1.165) is 64.2 Å². The van der Waals surface area contributed by atoms with Gasteiger partial charge in [0, 0.05) is 12.8 Å². The molecule has 0 amide bonds. The van der Waals surface area contributed by atoms with Crippen LogP contribution in [0.25, 0.3) is 0 Å². The van der Waals surface area contributed by atoms with E-state index in [0.29, 0.717) is 6.42 Å². The normalized spacial score (nSPS) is 18.5. The second-order valence-electron chi connectivity index (χ2n) is 14.2. The number of carbonyl (C=O) groups excluding carboxylic acids is 2. The second-order valence-corrected chi connectivity index (χ2v) is 14.2. The highest BCUT2D eigenvalue weighted by molar-refractivity contribution is 5.70. The number of unbranched alkanes of at least 4 members (excludes halogenated alkanes) is 22. The highest BCUT2D eigenvalue weighted by atomic mass is 16.6. The Kier molecular flexibility index (Phi) is 30.9. The molecule has 0 spiro atoms. The van der Waals surface area contributed by atoms with Crippen molar-refractivity contribution in [3.05, 3.63) is 24.3 Å². The molecule has 1 saturated heterocycles. The summed E-state index contributed by atoms with van der Waals surface area (Å²) in [7, 11) is 0. The first kappa shape index (κ1) is 45.3. The molecule has 0 aliphatic carbocycles. The molecule has 1 heterocycles. The Bertz CT molecular complexity index is 826. The number of ether oxygens (including phenoxy) is 3. The van der Waals surface area contributed by atoms with Gasteiger partial charge < -0.3 is 24.4 Å². The molecular weight excluding hydrogens is 616 g/mol. The molecule has 0 bridgehead atoms. The summed E-state index contributed by atoms with van der Waals surface area (Å²) >= 11 is 0. The molecule has 1 fully saturated rings. The second kappa shape index (κ2) is 33.4. The first-order chi connectivity index (χ1) is 24.0. The van der Waals surface area contributed by atoms with Gasteiger partial charge in [0.1, 0.15) is 24.9 Å². The summed E-state index contributed by atoms with van der Waals surface area (Å²) in [4.78, 5) is 25.1. The van der Waals surface area contributed by atoms with Gasteiger partial charge in [0.25, 0.3) is 0 Å². The summed E-state index contributed by atoms with van der Waals surface area (Å²) < 4.78 is 16.6. The Morgan fingerprint density at radius 3 is 1.39 bits per heavy atom. The average molecular weight is 693 g/mol. The van der Waals surface area contributed by atoms with Gasteiger partial charge in [0.05, 0.1) is 6.61 Å². The maximum atomic E-state index is 12.6. The van der Waals surface area contributed by atoms with E-state index in [1.807, 2.05) is 0 Å². The van der Waals surface area contributed by atoms with Crippen molar-refractivity contribution in [3.8, 4) is 0 Å². The van der Waals surface area contributed by atoms with E-state index in [-0.39, 0.29) is 25.6 Å². The zero-order valence-electron chi connectivity index (χ0n) is 31.8. The molecule has 1 rings (SSSR count). The zero-order chi connectivity index (χ0) is 35.6. The van der Waals surface area contributed by atoms with Gasteiger partial charge in [-0.25, -0.2) is 0 Å². The van der Waals surface area contributed by atoms with E-state index >= 15 is 0 Å². The Hall–Kier alpha value is -1.70. The van der Waals surface area contributed by atoms with Crippen LogP contribution in [0.4, 0.5) is 0 Å². The SMILES string of the molecule is CCCCCCCC/C=C\CCCCCCCC(=O)OCC(OC(=O)CCCCCCC/C=C\CCCCCCCC)[C@H]1OC[C@@H](O)[C@@H]1O. The van der Waals surface area contributed by atoms with E-state index in [2.05, 4.69) is 38.2 Å². The topological polar surface area (TPSA) is 102 Å². The largest absolute Gasteiger partial charge is 0.462 e. The summed E-state index contributed by atoms with van der Waals surface area (Å²) in [6.07, 6.45) is 36.7. The summed E-state index contributed by atoms with van der Waals surface area (Å²) in [6, 6.07) is 0. The molecule has 0 saturated carbocycles. The number of hydrogen-bond donors (Lipinski definition) is 2. The lowest BCUT2D eigenvalue weighted by atomic mass is 10.1. The van der Waals surface area contributed by atoms with Crippen LogP contribution in [0.5, 0.6) is 0 Å². The highest BCUT2D eigenvalue weighted by Gasteiger charge is 2.42. The molecule has 7 nitrogen and oxygen atoms in total. The predicted molar refractivity (Wildman–Crippen MR) is 201 cm³/mol. The number of allylic oxidation sites excluding steroid dienone is 4. The Morgan fingerprint density at radius 1 is 0.592 bits per heavy atom. The maximum absolute atomic E-state index is 12.6. The highest BCUT2D eigenvalue weighted by Crippen LogP contribution is 2.21. The number of hydrogen-bond acceptors (Lipinski definition) is 7. The average Bonchev–Trinajstić information content (AvgIpc) is 3.43. The van der Waals surface area contributed by atoms with Gasteiger partial charge in [-0.1, -0.05) is 141 Å². The molecule has 286 valence electrons. The lowest BCUT2D eigenvalue weighted by Gasteiger charge is -2.25. The number of esters is 2. The smallest absolute Gasteiger partial charge is 0.306 e. The minimum Gasteiger partial charge on any atom is -0.462 e. The quantitative estimate of drug-likeness (QED) is 0.0393. The third-order valence-corrected chi connectivity index (χ3v) is 9.53. The minimum absolute atomic E-state index is 0.0447. The molecule has 0 aromatic heterocycles. The van der Waals surface area contributed by atoms with Crippen LogP contribution in [0.2, 0.25) is 0 Å². The first-order valence-electron chi connectivity index (χ1n) is 20.6. The lowest BCUT2D eigenvalue weighted by Crippen LogP contribution is -2.44. The van der Waals surface area contributed by atoms with Crippen molar-refractivity contribution in [1.29, 1.82) is 0 Å². The van der Waals surface area contributed by atoms with Crippen LogP contribution < -0.4 is 0 Å². The fourth-order valence-electron chi connectivity index (χ4n) is 6.30. The fourth-order valence-corrected chi connectivity index (χ4v) is 6.30. The Balaban J connectivity index is 2.15. The minimum atomic E-state index is -1.19. The van der Waals surface area contributed by atoms with Crippen molar-refractivity contribution in [3.63, 3.8) is 0 Å². The molecule has 49 heavy (non-hydrogen) atoms. The molecule has 0 aromatic rings. The lowest BCUT2D eigenvalue weighted by molar-refractivity contribution is -0.170. The zero-order valence-corrected chi connectivity index (χ0v) is 31.8. The third kappa shape index (κ3) is 26.7. The molecular formula is C42H76O7. The maximum Gasteiger partial charge on any atom is 0.306 e. The molecule has 2 N–H and O–H groups in total. The van der Waals surface area contributed by atoms with Gasteiger partial charge in [0.15, 0.2) is 6.10 Å². The van der Waals surface area contributed by atoms with Gasteiger partial charge in [-0.15, -0.1) is 0 Å². The van der Waals surface area contributed by atoms with Crippen molar-refractivity contribution in [1.82, 2.24) is 0 Å². The van der Waals surface area contributed by atoms with Gasteiger partial charge >= 0.3 is 11.9 Å². The van der Waals surface area contributed by atoms with Crippen LogP contribution in [0.15, 0.2) is 24.3 Å². The van der Waals surface area contributed by atoms with Crippen molar-refractivity contribution in [2.24, 2.45) is 0 Å². The van der Waals surface area contributed by atoms with Crippen LogP contribution >= 0.6 is 0 Å². The number of aliphatic hydroxyl groups is 2. The van der Waals surface area contributed by atoms with Gasteiger partial charge in [-0.05, 0) is 64.2 Å². The van der Waals surface area contributed by atoms with Crippen molar-refractivity contribution in [2.45, 2.75) is 218 Å². The molecule has 7 heteroatoms. The third-order valence-electron chi connectivity index (χ3n) is 9.53. The summed E-state index contributed by atoms with van der Waals surface area (Å²) in [5.74, 6) is -0.739. The van der Waals surface area contributed by atoms with Crippen LogP contribution in [0.1, 0.15) is 194 Å². The van der Waals surface area contributed by atoms with Crippen LogP contribution in [0.3, 0.4) is 0 Å². The Morgan fingerprint density at radius 2 is 0.980 bits per heavy atom. The van der Waals surface area contributed by atoms with Crippen LogP contribution in [-0.4, -0.2) is 59.8 Å². The molecule has 0 radical (unpaired) electrons. The molecule has 1 aliphatic heterocycles. The summed E-state index contributed by atoms with van der Waals surface area (Å²) in [5, 5.41) is 20.3. The summed E-state index contributed by atoms with van der Waals surface area (Å²) in [6.45, 7) is 4.28. The van der Waals surface area contributed by atoms with Gasteiger partial charge in [-0.3, -0.25) is 9.59 Å². The first-order valence-corrected chi connectivity index (χ1v) is 20.6. The van der Waals surface area contributed by atoms with E-state index in [4.69, 9.17) is 14.2 Å². The van der Waals surface area contributed by atoms with Gasteiger partial charge in [0.2, 0.25) is 0 Å². The van der Waals surface area contributed by atoms with Crippen LogP contribution in [-0.2, 0) is 23.8 Å². The van der Waals surface area contributed by atoms with E-state index < -0.39 is 30.4 Å². The van der Waals surface area contributed by atoms with Crippen LogP contribution in [0, 0.1) is 0 Å². The van der Waals surface area contributed by atoms with E-state index in [1.54, 1.807) is 0 Å². The number of carbonyl (C=O) groups is 2. The predicted octanol–water partition coefficient (Wildman–Crippen LogP) is 10.6. The van der Waals surface area contributed by atoms with Crippen molar-refractivity contribution >= 4 is 11.9 Å². The van der Waals surface area contributed by atoms with E-state index in [9.17, 15) is 19.8 Å². The molecule has 1 aliphatic rings. The molecule has 4 atom stereocenters. The van der Waals surface area contributed by atoms with E-state index in [1.165, 1.54) is 103 Å². The van der Waals surface area contributed by atoms with Crippen molar-refractivity contribution in [2.75, 3.05) is 13.2 Å². The number of rotatable bonds is 34. The molecule has 0 aromatic carbocycles. The summed E-state index contributed by atoms with van der Waals surface area (Å²) in [5.41, 5.74) is 0. The van der Waals surface area contributed by atoms with Crippen molar-refractivity contribution < 1.29 is 34.0 Å².